The number of piperazine rings is 1. The number of carbonyl (C=O) groups is 3. The molecule has 0 aliphatic carbocycles. The lowest BCUT2D eigenvalue weighted by Gasteiger charge is -2.34. The Morgan fingerprint density at radius 3 is 2.11 bits per heavy atom. The molecule has 1 aliphatic rings. The summed E-state index contributed by atoms with van der Waals surface area (Å²) in [5.41, 5.74) is 0.969. The predicted octanol–water partition coefficient (Wildman–Crippen LogP) is 2.71. The van der Waals surface area contributed by atoms with Crippen LogP contribution in [0.15, 0.2) is 48.5 Å². The predicted molar refractivity (Wildman–Crippen MR) is 108 cm³/mol. The molecule has 0 aromatic heterocycles. The number of hydrogen-bond donors (Lipinski definition) is 1. The number of halogens is 2. The van der Waals surface area contributed by atoms with Crippen molar-refractivity contribution < 1.29 is 14.4 Å². The second-order valence-corrected chi connectivity index (χ2v) is 7.25. The number of rotatable bonds is 4. The molecule has 1 saturated heterocycles. The quantitative estimate of drug-likeness (QED) is 0.827. The fraction of sp³-hybridized carbons (Fsp3) is 0.250. The molecule has 0 spiro atoms. The Hall–Kier alpha value is -2.57. The number of hydrogen-bond acceptors (Lipinski definition) is 3. The molecular weight excluding hydrogens is 401 g/mol. The standard InChI is InChI=1S/C20H19Cl2N3O3/c21-16-6-4-14(5-7-16)20(28)25-10-8-24(9-11-25)18(26)13-23-19(27)15-2-1-3-17(22)12-15/h1-7,12H,8-11,13H2,(H,23,27). The van der Waals surface area contributed by atoms with Gasteiger partial charge in [-0.15, -0.1) is 0 Å². The van der Waals surface area contributed by atoms with Gasteiger partial charge in [0.2, 0.25) is 5.91 Å². The first-order valence-electron chi connectivity index (χ1n) is 8.80. The molecule has 0 atom stereocenters. The number of nitrogens with one attached hydrogen (secondary N) is 1. The van der Waals surface area contributed by atoms with E-state index in [2.05, 4.69) is 5.32 Å². The molecule has 1 heterocycles. The van der Waals surface area contributed by atoms with Gasteiger partial charge in [0.05, 0.1) is 6.54 Å². The lowest BCUT2D eigenvalue weighted by molar-refractivity contribution is -0.131. The van der Waals surface area contributed by atoms with Crippen molar-refractivity contribution in [3.8, 4) is 0 Å². The van der Waals surface area contributed by atoms with Crippen molar-refractivity contribution in [2.24, 2.45) is 0 Å². The summed E-state index contributed by atoms with van der Waals surface area (Å²) in [6, 6.07) is 13.3. The average molecular weight is 420 g/mol. The van der Waals surface area contributed by atoms with E-state index in [0.717, 1.165) is 0 Å². The first kappa shape index (κ1) is 20.2. The van der Waals surface area contributed by atoms with Crippen LogP contribution >= 0.6 is 23.2 Å². The lowest BCUT2D eigenvalue weighted by Crippen LogP contribution is -2.52. The van der Waals surface area contributed by atoms with Gasteiger partial charge in [0.15, 0.2) is 0 Å². The van der Waals surface area contributed by atoms with Gasteiger partial charge in [-0.05, 0) is 42.5 Å². The summed E-state index contributed by atoms with van der Waals surface area (Å²) in [6.45, 7) is 1.62. The van der Waals surface area contributed by atoms with E-state index < -0.39 is 0 Å². The molecule has 0 saturated carbocycles. The second kappa shape index (κ2) is 9.08. The van der Waals surface area contributed by atoms with Gasteiger partial charge in [-0.25, -0.2) is 0 Å². The van der Waals surface area contributed by atoms with Crippen LogP contribution < -0.4 is 5.32 Å². The van der Waals surface area contributed by atoms with E-state index in [4.69, 9.17) is 23.2 Å². The Balaban J connectivity index is 1.47. The lowest BCUT2D eigenvalue weighted by atomic mass is 10.2. The molecule has 3 rings (SSSR count). The van der Waals surface area contributed by atoms with Crippen LogP contribution in [0.5, 0.6) is 0 Å². The summed E-state index contributed by atoms with van der Waals surface area (Å²) in [7, 11) is 0. The van der Waals surface area contributed by atoms with Crippen molar-refractivity contribution in [3.63, 3.8) is 0 Å². The zero-order valence-corrected chi connectivity index (χ0v) is 16.5. The molecule has 1 N–H and O–H groups in total. The molecule has 8 heteroatoms. The van der Waals surface area contributed by atoms with Crippen molar-refractivity contribution in [3.05, 3.63) is 69.7 Å². The zero-order chi connectivity index (χ0) is 20.1. The molecule has 6 nitrogen and oxygen atoms in total. The average Bonchev–Trinajstić information content (AvgIpc) is 2.72. The summed E-state index contributed by atoms with van der Waals surface area (Å²) in [6.07, 6.45) is 0. The van der Waals surface area contributed by atoms with Gasteiger partial charge in [0.25, 0.3) is 11.8 Å². The first-order chi connectivity index (χ1) is 13.4. The van der Waals surface area contributed by atoms with Crippen LogP contribution in [0.3, 0.4) is 0 Å². The Kier molecular flexibility index (Phi) is 6.54. The summed E-state index contributed by atoms with van der Waals surface area (Å²) < 4.78 is 0. The topological polar surface area (TPSA) is 69.7 Å². The van der Waals surface area contributed by atoms with Crippen LogP contribution in [0.1, 0.15) is 20.7 Å². The van der Waals surface area contributed by atoms with E-state index in [1.54, 1.807) is 58.3 Å². The van der Waals surface area contributed by atoms with E-state index >= 15 is 0 Å². The van der Waals surface area contributed by atoms with Crippen LogP contribution in [0.25, 0.3) is 0 Å². The molecule has 0 bridgehead atoms. The first-order valence-corrected chi connectivity index (χ1v) is 9.56. The van der Waals surface area contributed by atoms with Gasteiger partial charge in [0, 0.05) is 47.4 Å². The third-order valence-corrected chi connectivity index (χ3v) is 4.98. The summed E-state index contributed by atoms with van der Waals surface area (Å²) >= 11 is 11.7. The molecule has 0 radical (unpaired) electrons. The minimum absolute atomic E-state index is 0.0852. The normalized spacial score (nSPS) is 13.9. The van der Waals surface area contributed by atoms with Gasteiger partial charge in [-0.1, -0.05) is 29.3 Å². The summed E-state index contributed by atoms with van der Waals surface area (Å²) in [5.74, 6) is -0.626. The third kappa shape index (κ3) is 5.03. The highest BCUT2D eigenvalue weighted by Crippen LogP contribution is 2.13. The highest BCUT2D eigenvalue weighted by Gasteiger charge is 2.25. The maximum Gasteiger partial charge on any atom is 0.253 e. The Morgan fingerprint density at radius 2 is 1.46 bits per heavy atom. The van der Waals surface area contributed by atoms with Crippen molar-refractivity contribution in [2.75, 3.05) is 32.7 Å². The maximum atomic E-state index is 12.5. The minimum Gasteiger partial charge on any atom is -0.343 e. The number of amides is 3. The molecule has 3 amide bonds. The van der Waals surface area contributed by atoms with Crippen LogP contribution in [-0.2, 0) is 4.79 Å². The number of benzene rings is 2. The molecule has 146 valence electrons. The van der Waals surface area contributed by atoms with Crippen molar-refractivity contribution in [2.45, 2.75) is 0 Å². The van der Waals surface area contributed by atoms with Gasteiger partial charge in [-0.2, -0.15) is 0 Å². The van der Waals surface area contributed by atoms with Gasteiger partial charge >= 0.3 is 0 Å². The third-order valence-electron chi connectivity index (χ3n) is 4.50. The van der Waals surface area contributed by atoms with E-state index in [-0.39, 0.29) is 24.3 Å². The largest absolute Gasteiger partial charge is 0.343 e. The minimum atomic E-state index is -0.354. The number of nitrogens with zero attached hydrogens (tertiary/aromatic N) is 2. The SMILES string of the molecule is O=C(NCC(=O)N1CCN(C(=O)c2ccc(Cl)cc2)CC1)c1cccc(Cl)c1. The van der Waals surface area contributed by atoms with E-state index in [9.17, 15) is 14.4 Å². The van der Waals surface area contributed by atoms with Crippen molar-refractivity contribution in [1.82, 2.24) is 15.1 Å². The molecular formula is C20H19Cl2N3O3. The molecule has 28 heavy (non-hydrogen) atoms. The van der Waals surface area contributed by atoms with Crippen LogP contribution in [0, 0.1) is 0 Å². The molecule has 2 aromatic rings. The smallest absolute Gasteiger partial charge is 0.253 e. The second-order valence-electron chi connectivity index (χ2n) is 6.37. The van der Waals surface area contributed by atoms with E-state index in [1.165, 1.54) is 0 Å². The van der Waals surface area contributed by atoms with Gasteiger partial charge < -0.3 is 15.1 Å². The number of carbonyl (C=O) groups excluding carboxylic acids is 3. The van der Waals surface area contributed by atoms with Crippen LogP contribution in [0.2, 0.25) is 10.0 Å². The summed E-state index contributed by atoms with van der Waals surface area (Å²) in [5, 5.41) is 3.64. The van der Waals surface area contributed by atoms with E-state index in [1.807, 2.05) is 0 Å². The maximum absolute atomic E-state index is 12.5. The van der Waals surface area contributed by atoms with E-state index in [0.29, 0.717) is 47.4 Å². The van der Waals surface area contributed by atoms with Gasteiger partial charge in [0.1, 0.15) is 0 Å². The highest BCUT2D eigenvalue weighted by atomic mass is 35.5. The Morgan fingerprint density at radius 1 is 0.821 bits per heavy atom. The molecule has 1 fully saturated rings. The highest BCUT2D eigenvalue weighted by molar-refractivity contribution is 6.31. The van der Waals surface area contributed by atoms with Crippen LogP contribution in [-0.4, -0.2) is 60.2 Å². The van der Waals surface area contributed by atoms with Crippen molar-refractivity contribution >= 4 is 40.9 Å². The molecule has 0 unspecified atom stereocenters. The fourth-order valence-electron chi connectivity index (χ4n) is 2.93. The Labute approximate surface area is 173 Å². The Bertz CT molecular complexity index is 879. The molecule has 1 aliphatic heterocycles. The van der Waals surface area contributed by atoms with Crippen LogP contribution in [0.4, 0.5) is 0 Å². The zero-order valence-electron chi connectivity index (χ0n) is 15.0. The van der Waals surface area contributed by atoms with Gasteiger partial charge in [-0.3, -0.25) is 14.4 Å². The monoisotopic (exact) mass is 419 g/mol. The van der Waals surface area contributed by atoms with Crippen molar-refractivity contribution in [1.29, 1.82) is 0 Å². The summed E-state index contributed by atoms with van der Waals surface area (Å²) in [4.78, 5) is 40.3. The molecule has 2 aromatic carbocycles. The fourth-order valence-corrected chi connectivity index (χ4v) is 3.25.